The summed E-state index contributed by atoms with van der Waals surface area (Å²) in [6.07, 6.45) is 13.2. The number of hydrogen-bond acceptors (Lipinski definition) is 1. The minimum absolute atomic E-state index is 0.269. The molecule has 0 saturated carbocycles. The lowest BCUT2D eigenvalue weighted by Gasteiger charge is -2.07. The van der Waals surface area contributed by atoms with E-state index in [-0.39, 0.29) is 5.82 Å². The zero-order chi connectivity index (χ0) is 15.3. The Morgan fingerprint density at radius 1 is 0.905 bits per heavy atom. The monoisotopic (exact) mass is 313 g/mol. The van der Waals surface area contributed by atoms with Crippen LogP contribution in [0.25, 0.3) is 0 Å². The van der Waals surface area contributed by atoms with Crippen molar-refractivity contribution in [1.82, 2.24) is 0 Å². The zero-order valence-corrected chi connectivity index (χ0v) is 14.0. The van der Waals surface area contributed by atoms with Gasteiger partial charge < -0.3 is 5.32 Å². The third kappa shape index (κ3) is 8.98. The highest BCUT2D eigenvalue weighted by Gasteiger charge is 2.01. The highest BCUT2D eigenvalue weighted by Crippen LogP contribution is 2.19. The SMILES string of the molecule is CCCCCCCCCCCCNc1ccc(Cl)cc1F. The van der Waals surface area contributed by atoms with E-state index in [4.69, 9.17) is 11.6 Å². The van der Waals surface area contributed by atoms with Gasteiger partial charge in [0.2, 0.25) is 0 Å². The third-order valence-corrected chi connectivity index (χ3v) is 4.01. The van der Waals surface area contributed by atoms with Crippen LogP contribution in [0.4, 0.5) is 10.1 Å². The summed E-state index contributed by atoms with van der Waals surface area (Å²) in [7, 11) is 0. The van der Waals surface area contributed by atoms with Gasteiger partial charge in [-0.2, -0.15) is 0 Å². The summed E-state index contributed by atoms with van der Waals surface area (Å²) in [5.74, 6) is -0.269. The standard InChI is InChI=1S/C18H29ClFN/c1-2-3-4-5-6-7-8-9-10-11-14-21-18-13-12-16(19)15-17(18)20/h12-13,15,21H,2-11,14H2,1H3. The van der Waals surface area contributed by atoms with Gasteiger partial charge in [0, 0.05) is 11.6 Å². The van der Waals surface area contributed by atoms with Gasteiger partial charge in [0.25, 0.3) is 0 Å². The molecule has 0 aliphatic rings. The maximum atomic E-state index is 13.5. The van der Waals surface area contributed by atoms with E-state index in [1.807, 2.05) is 0 Å². The van der Waals surface area contributed by atoms with Crippen molar-refractivity contribution in [1.29, 1.82) is 0 Å². The molecule has 1 aromatic carbocycles. The van der Waals surface area contributed by atoms with Gasteiger partial charge in [-0.05, 0) is 24.6 Å². The van der Waals surface area contributed by atoms with Crippen LogP contribution in [-0.2, 0) is 0 Å². The number of nitrogens with one attached hydrogen (secondary N) is 1. The highest BCUT2D eigenvalue weighted by atomic mass is 35.5. The van der Waals surface area contributed by atoms with E-state index in [0.29, 0.717) is 10.7 Å². The predicted octanol–water partition coefficient (Wildman–Crippen LogP) is 6.81. The second kappa shape index (κ2) is 11.9. The molecule has 0 spiro atoms. The number of hydrogen-bond donors (Lipinski definition) is 1. The molecule has 1 aromatic rings. The summed E-state index contributed by atoms with van der Waals surface area (Å²) in [6, 6.07) is 4.77. The molecule has 0 aliphatic heterocycles. The van der Waals surface area contributed by atoms with Gasteiger partial charge in [0.15, 0.2) is 0 Å². The van der Waals surface area contributed by atoms with Crippen LogP contribution in [0.15, 0.2) is 18.2 Å². The Balaban J connectivity index is 1.93. The minimum atomic E-state index is -0.269. The molecule has 120 valence electrons. The second-order valence-corrected chi connectivity index (χ2v) is 6.17. The fraction of sp³-hybridized carbons (Fsp3) is 0.667. The van der Waals surface area contributed by atoms with Crippen LogP contribution >= 0.6 is 11.6 Å². The molecule has 0 atom stereocenters. The molecule has 0 unspecified atom stereocenters. The Morgan fingerprint density at radius 2 is 1.48 bits per heavy atom. The zero-order valence-electron chi connectivity index (χ0n) is 13.3. The first-order valence-corrected chi connectivity index (χ1v) is 8.80. The van der Waals surface area contributed by atoms with E-state index in [2.05, 4.69) is 12.2 Å². The van der Waals surface area contributed by atoms with E-state index in [1.54, 1.807) is 12.1 Å². The fourth-order valence-electron chi connectivity index (χ4n) is 2.47. The minimum Gasteiger partial charge on any atom is -0.383 e. The summed E-state index contributed by atoms with van der Waals surface area (Å²) in [5.41, 5.74) is 0.551. The van der Waals surface area contributed by atoms with Crippen LogP contribution in [-0.4, -0.2) is 6.54 Å². The number of halogens is 2. The van der Waals surface area contributed by atoms with E-state index in [0.717, 1.165) is 13.0 Å². The topological polar surface area (TPSA) is 12.0 Å². The Morgan fingerprint density at radius 3 is 2.05 bits per heavy atom. The van der Waals surface area contributed by atoms with E-state index in [1.165, 1.54) is 63.9 Å². The quantitative estimate of drug-likeness (QED) is 0.418. The third-order valence-electron chi connectivity index (χ3n) is 3.78. The molecule has 0 aliphatic carbocycles. The molecular formula is C18H29ClFN. The number of benzene rings is 1. The normalized spacial score (nSPS) is 10.8. The molecule has 1 nitrogen and oxygen atoms in total. The van der Waals surface area contributed by atoms with Gasteiger partial charge in [0.1, 0.15) is 5.82 Å². The molecule has 0 saturated heterocycles. The Hall–Kier alpha value is -0.760. The summed E-state index contributed by atoms with van der Waals surface area (Å²) in [5, 5.41) is 3.57. The van der Waals surface area contributed by atoms with E-state index >= 15 is 0 Å². The first kappa shape index (κ1) is 18.3. The molecular weight excluding hydrogens is 285 g/mol. The fourth-order valence-corrected chi connectivity index (χ4v) is 2.63. The average molecular weight is 314 g/mol. The lowest BCUT2D eigenvalue weighted by Crippen LogP contribution is -2.03. The molecule has 0 amide bonds. The van der Waals surface area contributed by atoms with Crippen LogP contribution in [0.2, 0.25) is 5.02 Å². The van der Waals surface area contributed by atoms with Crippen molar-refractivity contribution in [2.75, 3.05) is 11.9 Å². The van der Waals surface area contributed by atoms with E-state index < -0.39 is 0 Å². The van der Waals surface area contributed by atoms with Crippen molar-refractivity contribution in [3.63, 3.8) is 0 Å². The molecule has 0 heterocycles. The maximum absolute atomic E-state index is 13.5. The van der Waals surface area contributed by atoms with Crippen LogP contribution in [0, 0.1) is 5.82 Å². The van der Waals surface area contributed by atoms with Crippen molar-refractivity contribution in [2.45, 2.75) is 71.1 Å². The number of anilines is 1. The molecule has 0 radical (unpaired) electrons. The molecule has 21 heavy (non-hydrogen) atoms. The average Bonchev–Trinajstić information content (AvgIpc) is 2.46. The van der Waals surface area contributed by atoms with Crippen molar-refractivity contribution in [3.05, 3.63) is 29.0 Å². The first-order valence-electron chi connectivity index (χ1n) is 8.43. The Labute approximate surface area is 134 Å². The maximum Gasteiger partial charge on any atom is 0.147 e. The molecule has 1 N–H and O–H groups in total. The lowest BCUT2D eigenvalue weighted by atomic mass is 10.1. The van der Waals surface area contributed by atoms with Gasteiger partial charge in [-0.1, -0.05) is 76.3 Å². The van der Waals surface area contributed by atoms with Gasteiger partial charge in [-0.15, -0.1) is 0 Å². The predicted molar refractivity (Wildman–Crippen MR) is 91.7 cm³/mol. The lowest BCUT2D eigenvalue weighted by molar-refractivity contribution is 0.559. The first-order chi connectivity index (χ1) is 10.2. The number of rotatable bonds is 12. The van der Waals surface area contributed by atoms with Crippen LogP contribution in [0.1, 0.15) is 71.1 Å². The summed E-state index contributed by atoms with van der Waals surface area (Å²) in [6.45, 7) is 3.08. The van der Waals surface area contributed by atoms with Crippen molar-refractivity contribution < 1.29 is 4.39 Å². The molecule has 0 aromatic heterocycles. The molecule has 0 fully saturated rings. The molecule has 1 rings (SSSR count). The van der Waals surface area contributed by atoms with Gasteiger partial charge in [0.05, 0.1) is 5.69 Å². The van der Waals surface area contributed by atoms with Crippen molar-refractivity contribution >= 4 is 17.3 Å². The van der Waals surface area contributed by atoms with Gasteiger partial charge in [-0.25, -0.2) is 4.39 Å². The largest absolute Gasteiger partial charge is 0.383 e. The highest BCUT2D eigenvalue weighted by molar-refractivity contribution is 6.30. The summed E-state index contributed by atoms with van der Waals surface area (Å²) in [4.78, 5) is 0. The molecule has 3 heteroatoms. The van der Waals surface area contributed by atoms with E-state index in [9.17, 15) is 4.39 Å². The van der Waals surface area contributed by atoms with Crippen LogP contribution in [0.3, 0.4) is 0 Å². The second-order valence-electron chi connectivity index (χ2n) is 5.73. The summed E-state index contributed by atoms with van der Waals surface area (Å²) < 4.78 is 13.5. The van der Waals surface area contributed by atoms with Crippen molar-refractivity contribution in [3.8, 4) is 0 Å². The Kier molecular flexibility index (Phi) is 10.3. The van der Waals surface area contributed by atoms with Crippen LogP contribution in [0.5, 0.6) is 0 Å². The number of unbranched alkanes of at least 4 members (excludes halogenated alkanes) is 9. The molecule has 0 bridgehead atoms. The van der Waals surface area contributed by atoms with Crippen molar-refractivity contribution in [2.24, 2.45) is 0 Å². The summed E-state index contributed by atoms with van der Waals surface area (Å²) >= 11 is 5.72. The smallest absolute Gasteiger partial charge is 0.147 e. The van der Waals surface area contributed by atoms with Gasteiger partial charge in [-0.3, -0.25) is 0 Å². The Bertz CT molecular complexity index is 381. The van der Waals surface area contributed by atoms with Crippen LogP contribution < -0.4 is 5.32 Å². The van der Waals surface area contributed by atoms with Gasteiger partial charge >= 0.3 is 0 Å².